The van der Waals surface area contributed by atoms with E-state index in [9.17, 15) is 4.79 Å². The van der Waals surface area contributed by atoms with Crippen LogP contribution in [0.5, 0.6) is 0 Å². The van der Waals surface area contributed by atoms with Crippen molar-refractivity contribution in [3.8, 4) is 0 Å². The molecule has 0 aromatic heterocycles. The molecule has 1 spiro atoms. The highest BCUT2D eigenvalue weighted by atomic mass is 16.7. The molecule has 3 fully saturated rings. The van der Waals surface area contributed by atoms with Gasteiger partial charge in [-0.1, -0.05) is 32.9 Å². The van der Waals surface area contributed by atoms with Crippen molar-refractivity contribution in [2.24, 2.45) is 23.7 Å². The van der Waals surface area contributed by atoms with Gasteiger partial charge in [-0.15, -0.1) is 0 Å². The van der Waals surface area contributed by atoms with Gasteiger partial charge in [-0.25, -0.2) is 0 Å². The predicted molar refractivity (Wildman–Crippen MR) is 76.9 cm³/mol. The summed E-state index contributed by atoms with van der Waals surface area (Å²) in [6.45, 7) is 12.5. The van der Waals surface area contributed by atoms with Crippen molar-refractivity contribution in [2.45, 2.75) is 64.8 Å². The Labute approximate surface area is 121 Å². The molecular formula is C17H26O3. The number of rotatable bonds is 2. The van der Waals surface area contributed by atoms with E-state index in [-0.39, 0.29) is 17.5 Å². The first kappa shape index (κ1) is 14.1. The predicted octanol–water partition coefficient (Wildman–Crippen LogP) is 3.68. The monoisotopic (exact) mass is 278 g/mol. The van der Waals surface area contributed by atoms with Gasteiger partial charge >= 0.3 is 5.97 Å². The summed E-state index contributed by atoms with van der Waals surface area (Å²) in [4.78, 5) is 11.6. The highest BCUT2D eigenvalue weighted by molar-refractivity contribution is 5.66. The molecule has 3 aliphatic rings. The fourth-order valence-electron chi connectivity index (χ4n) is 4.98. The molecule has 3 heteroatoms. The Kier molecular flexibility index (Phi) is 3.06. The third-order valence-corrected chi connectivity index (χ3v) is 5.87. The first-order valence-corrected chi connectivity index (χ1v) is 7.88. The summed E-state index contributed by atoms with van der Waals surface area (Å²) in [6.07, 6.45) is 4.03. The topological polar surface area (TPSA) is 35.5 Å². The minimum atomic E-state index is -0.758. The number of fused-ring (bicyclic) bond motifs is 1. The van der Waals surface area contributed by atoms with Gasteiger partial charge < -0.3 is 9.47 Å². The van der Waals surface area contributed by atoms with Crippen LogP contribution in [0.3, 0.4) is 0 Å². The number of carbonyl (C=O) groups is 1. The number of carbonyl (C=O) groups excluding carboxylic acids is 1. The Morgan fingerprint density at radius 3 is 2.75 bits per heavy atom. The van der Waals surface area contributed by atoms with Crippen LogP contribution in [0.2, 0.25) is 0 Å². The molecule has 3 rings (SSSR count). The van der Waals surface area contributed by atoms with Gasteiger partial charge in [-0.05, 0) is 31.1 Å². The van der Waals surface area contributed by atoms with Crippen LogP contribution in [-0.2, 0) is 14.3 Å². The van der Waals surface area contributed by atoms with Crippen molar-refractivity contribution in [3.63, 3.8) is 0 Å². The Morgan fingerprint density at radius 2 is 2.15 bits per heavy atom. The largest absolute Gasteiger partial charge is 0.433 e. The summed E-state index contributed by atoms with van der Waals surface area (Å²) in [5.41, 5.74) is 1.09. The first-order chi connectivity index (χ1) is 9.31. The molecule has 2 aliphatic heterocycles. The summed E-state index contributed by atoms with van der Waals surface area (Å²) < 4.78 is 12.3. The maximum atomic E-state index is 11.6. The van der Waals surface area contributed by atoms with Crippen LogP contribution in [0.1, 0.15) is 53.4 Å². The molecule has 2 saturated heterocycles. The second-order valence-electron chi connectivity index (χ2n) is 7.38. The van der Waals surface area contributed by atoms with Crippen molar-refractivity contribution in [3.05, 3.63) is 12.2 Å². The fourth-order valence-corrected chi connectivity index (χ4v) is 4.98. The molecule has 112 valence electrons. The van der Waals surface area contributed by atoms with Crippen molar-refractivity contribution >= 4 is 5.97 Å². The fraction of sp³-hybridized carbons (Fsp3) is 0.824. The quantitative estimate of drug-likeness (QED) is 0.571. The number of esters is 1. The van der Waals surface area contributed by atoms with Crippen molar-refractivity contribution in [1.29, 1.82) is 0 Å². The molecule has 0 aromatic carbocycles. The van der Waals surface area contributed by atoms with Crippen LogP contribution in [-0.4, -0.2) is 17.4 Å². The summed E-state index contributed by atoms with van der Waals surface area (Å²) >= 11 is 0. The van der Waals surface area contributed by atoms with E-state index in [0.29, 0.717) is 24.2 Å². The van der Waals surface area contributed by atoms with Crippen molar-refractivity contribution < 1.29 is 14.3 Å². The van der Waals surface area contributed by atoms with E-state index in [4.69, 9.17) is 9.47 Å². The summed E-state index contributed by atoms with van der Waals surface area (Å²) in [7, 11) is 0. The molecule has 3 nitrogen and oxygen atoms in total. The van der Waals surface area contributed by atoms with Crippen LogP contribution in [0.25, 0.3) is 0 Å². The number of hydrogen-bond acceptors (Lipinski definition) is 3. The molecule has 2 bridgehead atoms. The van der Waals surface area contributed by atoms with Gasteiger partial charge in [0.15, 0.2) is 0 Å². The van der Waals surface area contributed by atoms with Gasteiger partial charge in [-0.2, -0.15) is 0 Å². The molecule has 0 amide bonds. The summed E-state index contributed by atoms with van der Waals surface area (Å²) in [6, 6.07) is 0. The SMILES string of the molecule is C=C1CC2(OC(C)=O)OC3(CC2C(C)C)C(C)CCC13. The molecule has 2 heterocycles. The first-order valence-electron chi connectivity index (χ1n) is 7.88. The maximum Gasteiger partial charge on any atom is 0.305 e. The van der Waals surface area contributed by atoms with Crippen LogP contribution >= 0.6 is 0 Å². The van der Waals surface area contributed by atoms with E-state index in [2.05, 4.69) is 27.4 Å². The van der Waals surface area contributed by atoms with Crippen molar-refractivity contribution in [1.82, 2.24) is 0 Å². The zero-order valence-corrected chi connectivity index (χ0v) is 13.1. The molecule has 5 atom stereocenters. The lowest BCUT2D eigenvalue weighted by molar-refractivity contribution is -0.279. The van der Waals surface area contributed by atoms with Gasteiger partial charge in [0.25, 0.3) is 0 Å². The molecule has 20 heavy (non-hydrogen) atoms. The molecule has 1 saturated carbocycles. The van der Waals surface area contributed by atoms with Crippen molar-refractivity contribution in [2.75, 3.05) is 0 Å². The average molecular weight is 278 g/mol. The Hall–Kier alpha value is -0.830. The standard InChI is InChI=1S/C17H26O3/c1-10(2)15-9-16-12(4)6-7-14(16)11(3)8-17(15,20-16)19-13(5)18/h10,12,14-15H,3,6-9H2,1-2,4-5H3. The third-order valence-electron chi connectivity index (χ3n) is 5.87. The van der Waals surface area contributed by atoms with Gasteiger partial charge in [-0.3, -0.25) is 4.79 Å². The van der Waals surface area contributed by atoms with Gasteiger partial charge in [0.1, 0.15) is 0 Å². The van der Waals surface area contributed by atoms with Crippen LogP contribution in [0.15, 0.2) is 12.2 Å². The minimum Gasteiger partial charge on any atom is -0.433 e. The Morgan fingerprint density at radius 1 is 1.45 bits per heavy atom. The van der Waals surface area contributed by atoms with E-state index in [1.807, 2.05) is 0 Å². The highest BCUT2D eigenvalue weighted by Crippen LogP contribution is 2.64. The lowest BCUT2D eigenvalue weighted by Gasteiger charge is -2.45. The second kappa shape index (κ2) is 4.33. The Balaban J connectivity index is 2.05. The van der Waals surface area contributed by atoms with E-state index in [1.54, 1.807) is 0 Å². The maximum absolute atomic E-state index is 11.6. The molecule has 1 aliphatic carbocycles. The lowest BCUT2D eigenvalue weighted by atomic mass is 9.77. The molecule has 0 aromatic rings. The van der Waals surface area contributed by atoms with Crippen LogP contribution in [0, 0.1) is 23.7 Å². The van der Waals surface area contributed by atoms with Crippen LogP contribution in [0.4, 0.5) is 0 Å². The normalized spacial score (nSPS) is 46.6. The van der Waals surface area contributed by atoms with Gasteiger partial charge in [0, 0.05) is 25.2 Å². The Bertz CT molecular complexity index is 455. The molecule has 5 unspecified atom stereocenters. The third kappa shape index (κ3) is 1.71. The zero-order valence-electron chi connectivity index (χ0n) is 13.1. The van der Waals surface area contributed by atoms with Gasteiger partial charge in [0.05, 0.1) is 5.60 Å². The molecule has 0 N–H and O–H groups in total. The van der Waals surface area contributed by atoms with Crippen LogP contribution < -0.4 is 0 Å². The van der Waals surface area contributed by atoms with E-state index in [1.165, 1.54) is 25.3 Å². The lowest BCUT2D eigenvalue weighted by Crippen LogP contribution is -2.50. The minimum absolute atomic E-state index is 0.139. The number of hydrogen-bond donors (Lipinski definition) is 0. The average Bonchev–Trinajstić information content (AvgIpc) is 2.77. The zero-order chi connectivity index (χ0) is 14.7. The van der Waals surface area contributed by atoms with E-state index in [0.717, 1.165) is 6.42 Å². The smallest absolute Gasteiger partial charge is 0.305 e. The van der Waals surface area contributed by atoms with E-state index >= 15 is 0 Å². The molecular weight excluding hydrogens is 252 g/mol. The second-order valence-corrected chi connectivity index (χ2v) is 7.38. The van der Waals surface area contributed by atoms with E-state index < -0.39 is 5.79 Å². The summed E-state index contributed by atoms with van der Waals surface area (Å²) in [5.74, 6) is 0.672. The summed E-state index contributed by atoms with van der Waals surface area (Å²) in [5, 5.41) is 0. The van der Waals surface area contributed by atoms with Gasteiger partial charge in [0.2, 0.25) is 5.79 Å². The highest BCUT2D eigenvalue weighted by Gasteiger charge is 2.68. The number of ether oxygens (including phenoxy) is 2. The molecule has 0 radical (unpaired) electrons.